The Kier molecular flexibility index (Phi) is 17.3. The zero-order valence-corrected chi connectivity index (χ0v) is 42.2. The molecule has 5 aromatic rings. The van der Waals surface area contributed by atoms with E-state index >= 15 is 4.39 Å². The van der Waals surface area contributed by atoms with Crippen LogP contribution in [0, 0.1) is 12.3 Å². The molecule has 7 rings (SSSR count). The predicted octanol–water partition coefficient (Wildman–Crippen LogP) is 7.26. The Balaban J connectivity index is 0.836. The minimum atomic E-state index is -2.03. The molecule has 18 heteroatoms. The topological polar surface area (TPSA) is 192 Å². The largest absolute Gasteiger partial charge is 0.388 e. The third kappa shape index (κ3) is 13.0. The van der Waals surface area contributed by atoms with Crippen molar-refractivity contribution in [1.82, 2.24) is 25.8 Å². The van der Waals surface area contributed by atoms with Crippen molar-refractivity contribution in [3.63, 3.8) is 0 Å². The number of alkyl halides is 1. The molecule has 6 atom stereocenters. The number of aromatic nitrogens is 1. The van der Waals surface area contributed by atoms with Crippen LogP contribution >= 0.6 is 22.9 Å². The number of aliphatic hydroxyl groups excluding tert-OH is 1. The molecular formula is C53H61ClFN7O8S. The Morgan fingerprint density at radius 2 is 1.58 bits per heavy atom. The number of halogens is 2. The quantitative estimate of drug-likeness (QED) is 0.0559. The van der Waals surface area contributed by atoms with Gasteiger partial charge in [-0.2, -0.15) is 0 Å². The number of β-amino-alcohol motifs (C(OH)–C–C–N with tert-alkyl or cyclic N) is 1. The molecule has 15 nitrogen and oxygen atoms in total. The van der Waals surface area contributed by atoms with Crippen molar-refractivity contribution < 1.29 is 42.9 Å². The second kappa shape index (κ2) is 23.3. The van der Waals surface area contributed by atoms with Gasteiger partial charge < -0.3 is 45.6 Å². The van der Waals surface area contributed by atoms with E-state index in [0.29, 0.717) is 17.0 Å². The monoisotopic (exact) mass is 1010 g/mol. The van der Waals surface area contributed by atoms with Gasteiger partial charge in [-0.3, -0.25) is 24.0 Å². The van der Waals surface area contributed by atoms with Gasteiger partial charge in [-0.25, -0.2) is 9.37 Å². The molecular weight excluding hydrogens is 949 g/mol. The molecule has 0 radical (unpaired) electrons. The average Bonchev–Trinajstić information content (AvgIpc) is 3.91. The minimum absolute atomic E-state index is 0.00838. The molecule has 0 unspecified atom stereocenters. The number of ether oxygens (including phenoxy) is 2. The van der Waals surface area contributed by atoms with Gasteiger partial charge in [0.25, 0.3) is 5.91 Å². The number of aryl methyl sites for hydroxylation is 1. The average molecular weight is 1010 g/mol. The summed E-state index contributed by atoms with van der Waals surface area (Å²) in [5.74, 6) is -2.38. The molecule has 1 aromatic heterocycles. The van der Waals surface area contributed by atoms with Crippen LogP contribution in [0.15, 0.2) is 96.5 Å². The lowest BCUT2D eigenvalue weighted by Crippen LogP contribution is -2.59. The molecule has 71 heavy (non-hydrogen) atoms. The fraction of sp³-hybridized carbons (Fsp3) is 0.396. The molecule has 5 amide bonds. The summed E-state index contributed by atoms with van der Waals surface area (Å²) in [6, 6.07) is 25.5. The number of nitrogens with zero attached hydrogens (tertiary/aromatic N) is 3. The van der Waals surface area contributed by atoms with Crippen LogP contribution in [0.4, 0.5) is 15.8 Å². The summed E-state index contributed by atoms with van der Waals surface area (Å²) in [5, 5.41) is 23.0. The number of hydrogen-bond donors (Lipinski definition) is 5. The van der Waals surface area contributed by atoms with Crippen LogP contribution in [-0.2, 0) is 35.2 Å². The van der Waals surface area contributed by atoms with Gasteiger partial charge in [0, 0.05) is 48.0 Å². The number of carbonyl (C=O) groups excluding carboxylic acids is 5. The lowest BCUT2D eigenvalue weighted by molar-refractivity contribution is -0.145. The van der Waals surface area contributed by atoms with Crippen LogP contribution in [-0.4, -0.2) is 114 Å². The van der Waals surface area contributed by atoms with Gasteiger partial charge in [0.1, 0.15) is 24.8 Å². The van der Waals surface area contributed by atoms with E-state index in [1.165, 1.54) is 11.3 Å². The van der Waals surface area contributed by atoms with Crippen molar-refractivity contribution in [1.29, 1.82) is 0 Å². The molecule has 2 aliphatic heterocycles. The molecule has 3 heterocycles. The summed E-state index contributed by atoms with van der Waals surface area (Å²) in [4.78, 5) is 74.3. The third-order valence-corrected chi connectivity index (χ3v) is 13.8. The van der Waals surface area contributed by atoms with Gasteiger partial charge in [0.2, 0.25) is 23.6 Å². The van der Waals surface area contributed by atoms with Gasteiger partial charge in [0.15, 0.2) is 6.17 Å². The van der Waals surface area contributed by atoms with Crippen molar-refractivity contribution >= 4 is 63.8 Å². The predicted molar refractivity (Wildman–Crippen MR) is 273 cm³/mol. The molecule has 376 valence electrons. The van der Waals surface area contributed by atoms with Crippen LogP contribution in [0.3, 0.4) is 0 Å². The SMILES string of the molecule is CC(=O)N1c2ccc(-c3ccc(C(=O)NCCOCCOCC(=O)N[C@H](C(=O)N4C[C@H](O)[C@@H](F)[C@H]4C(=O)NCc4ccc(-c5scnc5C)cc4)C(C)(C)C)cc3)cc2[C@H](Nc2ccc(Cl)cc2)C[C@@H]1C. The van der Waals surface area contributed by atoms with Crippen LogP contribution in [0.25, 0.3) is 21.6 Å². The second-order valence-corrected chi connectivity index (χ2v) is 20.2. The standard InChI is InChI=1S/C53H61ClFN7O8S/c1-31-25-42(59-40-18-16-39(54)17-19-40)41-26-38(15-20-43(41)62(31)33(3)63)35-11-13-37(14-12-35)50(66)56-21-22-69-23-24-70-29-45(65)60-49(53(4,5)6)52(68)61-28-44(64)46(55)47(61)51(67)57-27-34-7-9-36(10-8-34)48-32(2)58-30-71-48/h7-20,26,30-31,42,44,46-47,49,59,64H,21-25,27-29H2,1-6H3,(H,56,66)(H,57,67)(H,60,65)/t31-,42+,44-,46+,47-,49+/m0/s1. The number of amides is 5. The van der Waals surface area contributed by atoms with E-state index < -0.39 is 60.6 Å². The lowest BCUT2D eigenvalue weighted by Gasteiger charge is -2.39. The number of aliphatic hydroxyl groups is 1. The minimum Gasteiger partial charge on any atom is -0.388 e. The highest BCUT2D eigenvalue weighted by molar-refractivity contribution is 7.13. The Morgan fingerprint density at radius 3 is 2.24 bits per heavy atom. The van der Waals surface area contributed by atoms with Crippen LogP contribution in [0.1, 0.15) is 74.3 Å². The molecule has 2 aliphatic rings. The van der Waals surface area contributed by atoms with E-state index in [1.54, 1.807) is 45.3 Å². The first-order chi connectivity index (χ1) is 33.9. The number of anilines is 2. The Hall–Kier alpha value is -6.24. The Labute approximate surface area is 422 Å². The normalized spacial score (nSPS) is 19.1. The summed E-state index contributed by atoms with van der Waals surface area (Å²) in [6.07, 6.45) is -2.91. The van der Waals surface area contributed by atoms with Crippen molar-refractivity contribution in [3.8, 4) is 21.6 Å². The Bertz CT molecular complexity index is 2680. The van der Waals surface area contributed by atoms with E-state index in [4.69, 9.17) is 21.1 Å². The Morgan fingerprint density at radius 1 is 0.901 bits per heavy atom. The van der Waals surface area contributed by atoms with Crippen LogP contribution < -0.4 is 26.2 Å². The zero-order chi connectivity index (χ0) is 51.0. The van der Waals surface area contributed by atoms with Crippen molar-refractivity contribution in [3.05, 3.63) is 124 Å². The summed E-state index contributed by atoms with van der Waals surface area (Å²) in [6.45, 7) is 10.5. The maximum atomic E-state index is 15.4. The number of benzene rings is 4. The number of rotatable bonds is 18. The molecule has 0 bridgehead atoms. The molecule has 5 N–H and O–H groups in total. The summed E-state index contributed by atoms with van der Waals surface area (Å²) < 4.78 is 26.5. The maximum absolute atomic E-state index is 15.4. The van der Waals surface area contributed by atoms with Gasteiger partial charge in [-0.05, 0) is 102 Å². The van der Waals surface area contributed by atoms with E-state index in [2.05, 4.69) is 32.3 Å². The zero-order valence-electron chi connectivity index (χ0n) is 40.7. The van der Waals surface area contributed by atoms with Gasteiger partial charge in [-0.15, -0.1) is 11.3 Å². The van der Waals surface area contributed by atoms with E-state index in [0.717, 1.165) is 54.7 Å². The number of nitrogens with one attached hydrogen (secondary N) is 4. The molecule has 0 spiro atoms. The third-order valence-electron chi connectivity index (χ3n) is 12.6. The first-order valence-electron chi connectivity index (χ1n) is 23.6. The molecule has 1 fully saturated rings. The molecule has 0 saturated carbocycles. The van der Waals surface area contributed by atoms with Gasteiger partial charge >= 0.3 is 0 Å². The number of likely N-dealkylation sites (tertiary alicyclic amines) is 1. The fourth-order valence-electron chi connectivity index (χ4n) is 8.92. The maximum Gasteiger partial charge on any atom is 0.251 e. The fourth-order valence-corrected chi connectivity index (χ4v) is 9.86. The highest BCUT2D eigenvalue weighted by Gasteiger charge is 2.50. The summed E-state index contributed by atoms with van der Waals surface area (Å²) in [5.41, 5.74) is 8.67. The number of hydrogen-bond acceptors (Lipinski definition) is 11. The van der Waals surface area contributed by atoms with Crippen molar-refractivity contribution in [2.75, 3.05) is 49.7 Å². The smallest absolute Gasteiger partial charge is 0.251 e. The number of thiazole rings is 1. The van der Waals surface area contributed by atoms with E-state index in [-0.39, 0.29) is 56.8 Å². The van der Waals surface area contributed by atoms with Crippen LogP contribution in [0.5, 0.6) is 0 Å². The van der Waals surface area contributed by atoms with E-state index in [9.17, 15) is 29.1 Å². The summed E-state index contributed by atoms with van der Waals surface area (Å²) >= 11 is 7.65. The van der Waals surface area contributed by atoms with Gasteiger partial charge in [0.05, 0.1) is 48.5 Å². The second-order valence-electron chi connectivity index (χ2n) is 18.9. The van der Waals surface area contributed by atoms with Crippen LogP contribution in [0.2, 0.25) is 5.02 Å². The number of fused-ring (bicyclic) bond motifs is 1. The van der Waals surface area contributed by atoms with Crippen molar-refractivity contribution in [2.45, 2.75) is 91.0 Å². The molecule has 1 saturated heterocycles. The number of carbonyl (C=O) groups is 5. The lowest BCUT2D eigenvalue weighted by atomic mass is 9.85. The van der Waals surface area contributed by atoms with E-state index in [1.807, 2.05) is 91.5 Å². The first-order valence-corrected chi connectivity index (χ1v) is 24.8. The highest BCUT2D eigenvalue weighted by Crippen LogP contribution is 2.41. The highest BCUT2D eigenvalue weighted by atomic mass is 35.5. The first kappa shape index (κ1) is 52.6. The molecule has 0 aliphatic carbocycles. The van der Waals surface area contributed by atoms with Crippen molar-refractivity contribution in [2.24, 2.45) is 5.41 Å². The van der Waals surface area contributed by atoms with Gasteiger partial charge in [-0.1, -0.05) is 74.8 Å². The summed E-state index contributed by atoms with van der Waals surface area (Å²) in [7, 11) is 0. The molecule has 4 aromatic carbocycles.